The van der Waals surface area contributed by atoms with Crippen molar-refractivity contribution in [2.75, 3.05) is 0 Å². The summed E-state index contributed by atoms with van der Waals surface area (Å²) in [7, 11) is 0. The maximum Gasteiger partial charge on any atom is 0.407 e. The Morgan fingerprint density at radius 2 is 1.75 bits per heavy atom. The minimum absolute atomic E-state index is 0.0473. The summed E-state index contributed by atoms with van der Waals surface area (Å²) in [6.45, 7) is 6.62. The molecule has 0 aliphatic carbocycles. The van der Waals surface area contributed by atoms with Gasteiger partial charge < -0.3 is 15.2 Å². The van der Waals surface area contributed by atoms with E-state index in [0.717, 1.165) is 12.1 Å². The number of aliphatic hydroxyl groups excluding tert-OH is 1. The number of carbonyl (C=O) groups is 1. The molecule has 2 atom stereocenters. The van der Waals surface area contributed by atoms with Crippen molar-refractivity contribution < 1.29 is 23.4 Å². The molecular weight excluding hydrogens is 268 g/mol. The topological polar surface area (TPSA) is 58.6 Å². The molecule has 112 valence electrons. The third-order valence-electron chi connectivity index (χ3n) is 2.44. The highest BCUT2D eigenvalue weighted by molar-refractivity contribution is 5.68. The van der Waals surface area contributed by atoms with Gasteiger partial charge in [-0.1, -0.05) is 0 Å². The summed E-state index contributed by atoms with van der Waals surface area (Å²) in [5, 5.41) is 12.4. The van der Waals surface area contributed by atoms with Gasteiger partial charge in [0, 0.05) is 6.07 Å². The van der Waals surface area contributed by atoms with Crippen molar-refractivity contribution in [3.8, 4) is 0 Å². The van der Waals surface area contributed by atoms with Gasteiger partial charge in [0.25, 0.3) is 0 Å². The molecule has 1 aromatic carbocycles. The predicted molar refractivity (Wildman–Crippen MR) is 70.1 cm³/mol. The van der Waals surface area contributed by atoms with Crippen molar-refractivity contribution in [2.45, 2.75) is 45.4 Å². The molecule has 1 amide bonds. The Bertz CT molecular complexity index is 466. The summed E-state index contributed by atoms with van der Waals surface area (Å²) in [5.41, 5.74) is -0.620. The average Bonchev–Trinajstić information content (AvgIpc) is 2.23. The highest BCUT2D eigenvalue weighted by Gasteiger charge is 2.23. The van der Waals surface area contributed by atoms with Gasteiger partial charge in [-0.3, -0.25) is 0 Å². The quantitative estimate of drug-likeness (QED) is 0.898. The van der Waals surface area contributed by atoms with Gasteiger partial charge in [-0.05, 0) is 45.4 Å². The lowest BCUT2D eigenvalue weighted by molar-refractivity contribution is 0.0435. The third kappa shape index (κ3) is 5.13. The number of nitrogens with one attached hydrogen (secondary N) is 1. The van der Waals surface area contributed by atoms with E-state index in [1.165, 1.54) is 6.92 Å². The Kier molecular flexibility index (Phi) is 5.05. The van der Waals surface area contributed by atoms with Gasteiger partial charge in [0.1, 0.15) is 17.2 Å². The predicted octanol–water partition coefficient (Wildman–Crippen LogP) is 2.91. The Morgan fingerprint density at radius 3 is 2.20 bits per heavy atom. The number of hydrogen-bond acceptors (Lipinski definition) is 3. The number of carbonyl (C=O) groups excluding carboxylic acids is 1. The molecule has 0 aliphatic rings. The number of halogens is 2. The minimum Gasteiger partial charge on any atom is -0.444 e. The van der Waals surface area contributed by atoms with E-state index in [4.69, 9.17) is 4.74 Å². The molecule has 0 aromatic heterocycles. The van der Waals surface area contributed by atoms with Crippen LogP contribution in [0.3, 0.4) is 0 Å². The van der Waals surface area contributed by atoms with Gasteiger partial charge in [-0.2, -0.15) is 0 Å². The molecule has 4 nitrogen and oxygen atoms in total. The number of amides is 1. The van der Waals surface area contributed by atoms with E-state index in [-0.39, 0.29) is 5.56 Å². The van der Waals surface area contributed by atoms with E-state index in [9.17, 15) is 18.7 Å². The second kappa shape index (κ2) is 6.17. The fourth-order valence-electron chi connectivity index (χ4n) is 1.61. The summed E-state index contributed by atoms with van der Waals surface area (Å²) in [5.74, 6) is -1.58. The van der Waals surface area contributed by atoms with Crippen molar-refractivity contribution in [3.63, 3.8) is 0 Å². The van der Waals surface area contributed by atoms with Crippen molar-refractivity contribution in [3.05, 3.63) is 35.4 Å². The van der Waals surface area contributed by atoms with E-state index in [1.54, 1.807) is 20.8 Å². The molecule has 0 radical (unpaired) electrons. The Morgan fingerprint density at radius 1 is 1.25 bits per heavy atom. The second-order valence-electron chi connectivity index (χ2n) is 5.58. The molecule has 2 N–H and O–H groups in total. The molecule has 0 bridgehead atoms. The van der Waals surface area contributed by atoms with Gasteiger partial charge in [0.2, 0.25) is 0 Å². The van der Waals surface area contributed by atoms with Crippen LogP contribution in [-0.4, -0.2) is 22.8 Å². The van der Waals surface area contributed by atoms with Crippen molar-refractivity contribution in [1.82, 2.24) is 5.32 Å². The maximum absolute atomic E-state index is 13.1. The molecule has 0 saturated carbocycles. The van der Waals surface area contributed by atoms with E-state index < -0.39 is 35.5 Å². The SMILES string of the molecule is C[C@H](NC(=O)OC(C)(C)C)[C@H](O)c1cc(F)cc(F)c1. The Hall–Kier alpha value is -1.69. The first-order valence-electron chi connectivity index (χ1n) is 6.22. The number of aliphatic hydroxyl groups is 1. The first-order chi connectivity index (χ1) is 9.08. The van der Waals surface area contributed by atoms with Gasteiger partial charge in [0.05, 0.1) is 12.1 Å². The van der Waals surface area contributed by atoms with Crippen LogP contribution in [0.1, 0.15) is 39.4 Å². The van der Waals surface area contributed by atoms with Gasteiger partial charge >= 0.3 is 6.09 Å². The molecule has 0 unspecified atom stereocenters. The molecule has 0 heterocycles. The van der Waals surface area contributed by atoms with E-state index >= 15 is 0 Å². The van der Waals surface area contributed by atoms with Crippen LogP contribution in [-0.2, 0) is 4.74 Å². The van der Waals surface area contributed by atoms with Crippen LogP contribution in [0, 0.1) is 11.6 Å². The van der Waals surface area contributed by atoms with E-state index in [2.05, 4.69) is 5.32 Å². The highest BCUT2D eigenvalue weighted by atomic mass is 19.1. The monoisotopic (exact) mass is 287 g/mol. The lowest BCUT2D eigenvalue weighted by Crippen LogP contribution is -2.40. The summed E-state index contributed by atoms with van der Waals surface area (Å²) >= 11 is 0. The number of benzene rings is 1. The molecule has 0 saturated heterocycles. The molecule has 6 heteroatoms. The largest absolute Gasteiger partial charge is 0.444 e. The molecule has 1 rings (SSSR count). The van der Waals surface area contributed by atoms with Crippen LogP contribution in [0.15, 0.2) is 18.2 Å². The van der Waals surface area contributed by atoms with Crippen LogP contribution in [0.5, 0.6) is 0 Å². The normalized spacial score (nSPS) is 14.6. The summed E-state index contributed by atoms with van der Waals surface area (Å²) in [6.07, 6.45) is -1.95. The molecule has 0 aliphatic heterocycles. The van der Waals surface area contributed by atoms with Crippen LogP contribution >= 0.6 is 0 Å². The highest BCUT2D eigenvalue weighted by Crippen LogP contribution is 2.19. The Balaban J connectivity index is 2.71. The number of alkyl carbamates (subject to hydrolysis) is 1. The molecule has 0 spiro atoms. The first-order valence-corrected chi connectivity index (χ1v) is 6.22. The van der Waals surface area contributed by atoms with Crippen molar-refractivity contribution in [1.29, 1.82) is 0 Å². The zero-order valence-electron chi connectivity index (χ0n) is 11.9. The van der Waals surface area contributed by atoms with Gasteiger partial charge in [-0.15, -0.1) is 0 Å². The minimum atomic E-state index is -1.24. The Labute approximate surface area is 116 Å². The smallest absolute Gasteiger partial charge is 0.407 e. The lowest BCUT2D eigenvalue weighted by atomic mass is 10.0. The van der Waals surface area contributed by atoms with Gasteiger partial charge in [0.15, 0.2) is 0 Å². The van der Waals surface area contributed by atoms with Crippen LogP contribution in [0.2, 0.25) is 0 Å². The lowest BCUT2D eigenvalue weighted by Gasteiger charge is -2.24. The zero-order chi connectivity index (χ0) is 15.5. The molecule has 0 fully saturated rings. The summed E-state index contributed by atoms with van der Waals surface area (Å²) < 4.78 is 31.2. The maximum atomic E-state index is 13.1. The fraction of sp³-hybridized carbons (Fsp3) is 0.500. The second-order valence-corrected chi connectivity index (χ2v) is 5.58. The van der Waals surface area contributed by atoms with Gasteiger partial charge in [-0.25, -0.2) is 13.6 Å². The number of rotatable bonds is 3. The summed E-state index contributed by atoms with van der Waals surface area (Å²) in [4.78, 5) is 11.5. The van der Waals surface area contributed by atoms with Crippen LogP contribution in [0.4, 0.5) is 13.6 Å². The molecule has 1 aromatic rings. The number of hydrogen-bond donors (Lipinski definition) is 2. The fourth-order valence-corrected chi connectivity index (χ4v) is 1.61. The van der Waals surface area contributed by atoms with Crippen LogP contribution < -0.4 is 5.32 Å². The molecule has 20 heavy (non-hydrogen) atoms. The average molecular weight is 287 g/mol. The number of ether oxygens (including phenoxy) is 1. The van der Waals surface area contributed by atoms with E-state index in [1.807, 2.05) is 0 Å². The third-order valence-corrected chi connectivity index (χ3v) is 2.44. The van der Waals surface area contributed by atoms with E-state index in [0.29, 0.717) is 6.07 Å². The zero-order valence-corrected chi connectivity index (χ0v) is 11.9. The van der Waals surface area contributed by atoms with Crippen molar-refractivity contribution >= 4 is 6.09 Å². The van der Waals surface area contributed by atoms with Crippen LogP contribution in [0.25, 0.3) is 0 Å². The first kappa shape index (κ1) is 16.4. The van der Waals surface area contributed by atoms with Crippen molar-refractivity contribution in [2.24, 2.45) is 0 Å². The molecular formula is C14H19F2NO3. The standard InChI is InChI=1S/C14H19F2NO3/c1-8(17-13(19)20-14(2,3)4)12(18)9-5-10(15)7-11(16)6-9/h5-8,12,18H,1-4H3,(H,17,19)/t8-,12-/m0/s1. The summed E-state index contributed by atoms with van der Waals surface area (Å²) in [6, 6.07) is 1.98.